The Kier molecular flexibility index (Phi) is 9.12. The molecule has 0 aliphatic carbocycles. The van der Waals surface area contributed by atoms with Gasteiger partial charge in [0.25, 0.3) is 0 Å². The number of carbonyl (C=O) groups is 1. The minimum Gasteiger partial charge on any atom is -0.494 e. The summed E-state index contributed by atoms with van der Waals surface area (Å²) >= 11 is 0. The molecule has 0 bridgehead atoms. The number of hydrogen-bond acceptors (Lipinski definition) is 5. The number of rotatable bonds is 10. The Hall–Kier alpha value is -2.37. The zero-order valence-electron chi connectivity index (χ0n) is 19.7. The van der Waals surface area contributed by atoms with Crippen LogP contribution in [-0.4, -0.2) is 49.3 Å². The highest BCUT2D eigenvalue weighted by Gasteiger charge is 2.23. The van der Waals surface area contributed by atoms with Crippen LogP contribution in [0.25, 0.3) is 0 Å². The van der Waals surface area contributed by atoms with Gasteiger partial charge in [-0.25, -0.2) is 0 Å². The molecular formula is C27H37NO4. The molecular weight excluding hydrogens is 402 g/mol. The minimum atomic E-state index is -0.434. The van der Waals surface area contributed by atoms with E-state index in [9.17, 15) is 4.79 Å². The summed E-state index contributed by atoms with van der Waals surface area (Å²) in [6.07, 6.45) is 3.67. The number of hydrogen-bond donors (Lipinski definition) is 0. The van der Waals surface area contributed by atoms with Gasteiger partial charge >= 0.3 is 5.97 Å². The first-order valence-electron chi connectivity index (χ1n) is 11.7. The fraction of sp³-hybridized carbons (Fsp3) is 0.519. The van der Waals surface area contributed by atoms with Crippen LogP contribution in [-0.2, 0) is 20.7 Å². The van der Waals surface area contributed by atoms with Crippen molar-refractivity contribution in [3.8, 4) is 5.75 Å². The van der Waals surface area contributed by atoms with Crippen LogP contribution in [0.3, 0.4) is 0 Å². The number of benzene rings is 2. The van der Waals surface area contributed by atoms with Gasteiger partial charge in [-0.05, 0) is 63.3 Å². The maximum Gasteiger partial charge on any atom is 0.307 e. The Morgan fingerprint density at radius 1 is 1.06 bits per heavy atom. The minimum absolute atomic E-state index is 0.0160. The molecule has 1 fully saturated rings. The molecule has 5 heteroatoms. The van der Waals surface area contributed by atoms with Crippen molar-refractivity contribution in [3.63, 3.8) is 0 Å². The fourth-order valence-corrected chi connectivity index (χ4v) is 3.79. The summed E-state index contributed by atoms with van der Waals surface area (Å²) in [5, 5.41) is 0. The van der Waals surface area contributed by atoms with Crippen molar-refractivity contribution in [1.29, 1.82) is 0 Å². The van der Waals surface area contributed by atoms with Crippen molar-refractivity contribution in [2.75, 3.05) is 32.8 Å². The monoisotopic (exact) mass is 439 g/mol. The molecule has 0 radical (unpaired) electrons. The number of carbonyl (C=O) groups excluding carboxylic acids is 1. The van der Waals surface area contributed by atoms with Crippen LogP contribution in [0.2, 0.25) is 0 Å². The standard InChI is InChI=1S/C27H37NO4/c1-27(2,3)32-26(29)16-17-28-18-20-31-25(21-28)23-12-14-24(15-13-23)30-19-8-7-11-22-9-5-4-6-10-22/h4-6,9-10,12-15,25H,7-8,11,16-21H2,1-3H3. The molecule has 1 heterocycles. The lowest BCUT2D eigenvalue weighted by molar-refractivity contribution is -0.155. The van der Waals surface area contributed by atoms with E-state index in [4.69, 9.17) is 14.2 Å². The van der Waals surface area contributed by atoms with Crippen molar-refractivity contribution in [3.05, 3.63) is 65.7 Å². The molecule has 1 aliphatic heterocycles. The number of morpholine rings is 1. The van der Waals surface area contributed by atoms with Crippen LogP contribution in [0.4, 0.5) is 0 Å². The van der Waals surface area contributed by atoms with E-state index in [1.807, 2.05) is 32.9 Å². The van der Waals surface area contributed by atoms with Crippen LogP contribution in [0, 0.1) is 0 Å². The lowest BCUT2D eigenvalue weighted by Gasteiger charge is -2.33. The number of aryl methyl sites for hydroxylation is 1. The van der Waals surface area contributed by atoms with Gasteiger partial charge in [0.1, 0.15) is 11.4 Å². The van der Waals surface area contributed by atoms with Gasteiger partial charge in [0.05, 0.1) is 25.7 Å². The molecule has 0 N–H and O–H groups in total. The smallest absolute Gasteiger partial charge is 0.307 e. The van der Waals surface area contributed by atoms with E-state index >= 15 is 0 Å². The van der Waals surface area contributed by atoms with Gasteiger partial charge in [-0.3, -0.25) is 9.69 Å². The number of ether oxygens (including phenoxy) is 3. The molecule has 1 unspecified atom stereocenters. The number of nitrogens with zero attached hydrogens (tertiary/aromatic N) is 1. The average Bonchev–Trinajstić information content (AvgIpc) is 2.78. The first kappa shape index (κ1) is 24.3. The molecule has 1 aliphatic rings. The van der Waals surface area contributed by atoms with Gasteiger partial charge in [-0.15, -0.1) is 0 Å². The third-order valence-electron chi connectivity index (χ3n) is 5.43. The average molecular weight is 440 g/mol. The van der Waals surface area contributed by atoms with E-state index in [-0.39, 0.29) is 12.1 Å². The summed E-state index contributed by atoms with van der Waals surface area (Å²) in [6.45, 7) is 9.39. The molecule has 1 atom stereocenters. The zero-order chi connectivity index (χ0) is 22.8. The van der Waals surface area contributed by atoms with Gasteiger partial charge in [0.2, 0.25) is 0 Å². The van der Waals surface area contributed by atoms with Crippen molar-refractivity contribution in [2.24, 2.45) is 0 Å². The van der Waals surface area contributed by atoms with Crippen molar-refractivity contribution < 1.29 is 19.0 Å². The summed E-state index contributed by atoms with van der Waals surface area (Å²) < 4.78 is 17.3. The molecule has 0 aromatic heterocycles. The first-order valence-corrected chi connectivity index (χ1v) is 11.7. The highest BCUT2D eigenvalue weighted by atomic mass is 16.6. The molecule has 3 rings (SSSR count). The van der Waals surface area contributed by atoms with Crippen LogP contribution >= 0.6 is 0 Å². The Labute approximate surface area is 192 Å². The fourth-order valence-electron chi connectivity index (χ4n) is 3.79. The van der Waals surface area contributed by atoms with Crippen LogP contribution in [0.15, 0.2) is 54.6 Å². The summed E-state index contributed by atoms with van der Waals surface area (Å²) in [5.41, 5.74) is 2.09. The molecule has 1 saturated heterocycles. The van der Waals surface area contributed by atoms with E-state index in [1.165, 1.54) is 5.56 Å². The Balaban J connectivity index is 1.37. The molecule has 0 saturated carbocycles. The maximum absolute atomic E-state index is 12.0. The summed E-state index contributed by atoms with van der Waals surface area (Å²) in [7, 11) is 0. The second-order valence-electron chi connectivity index (χ2n) is 9.36. The summed E-state index contributed by atoms with van der Waals surface area (Å²) in [4.78, 5) is 14.3. The maximum atomic E-state index is 12.0. The zero-order valence-corrected chi connectivity index (χ0v) is 19.7. The van der Waals surface area contributed by atoms with Crippen LogP contribution in [0.1, 0.15) is 57.3 Å². The summed E-state index contributed by atoms with van der Waals surface area (Å²) in [5.74, 6) is 0.747. The van der Waals surface area contributed by atoms with Crippen molar-refractivity contribution >= 4 is 5.97 Å². The second-order valence-corrected chi connectivity index (χ2v) is 9.36. The molecule has 2 aromatic carbocycles. The van der Waals surface area contributed by atoms with Gasteiger partial charge < -0.3 is 14.2 Å². The first-order chi connectivity index (χ1) is 15.4. The molecule has 0 spiro atoms. The Morgan fingerprint density at radius 2 is 1.81 bits per heavy atom. The molecule has 32 heavy (non-hydrogen) atoms. The molecule has 2 aromatic rings. The van der Waals surface area contributed by atoms with Gasteiger partial charge in [0.15, 0.2) is 0 Å². The molecule has 0 amide bonds. The largest absolute Gasteiger partial charge is 0.494 e. The van der Waals surface area contributed by atoms with Gasteiger partial charge in [0, 0.05) is 19.6 Å². The van der Waals surface area contributed by atoms with Crippen LogP contribution in [0.5, 0.6) is 5.75 Å². The van der Waals surface area contributed by atoms with Gasteiger partial charge in [-0.2, -0.15) is 0 Å². The van der Waals surface area contributed by atoms with Crippen LogP contribution < -0.4 is 4.74 Å². The highest BCUT2D eigenvalue weighted by Crippen LogP contribution is 2.25. The van der Waals surface area contributed by atoms with Gasteiger partial charge in [-0.1, -0.05) is 42.5 Å². The normalized spacial score (nSPS) is 17.2. The predicted octanol–water partition coefficient (Wildman–Crippen LogP) is 5.19. The van der Waals surface area contributed by atoms with E-state index in [2.05, 4.69) is 47.4 Å². The molecule has 174 valence electrons. The molecule has 5 nitrogen and oxygen atoms in total. The van der Waals surface area contributed by atoms with Crippen molar-refractivity contribution in [1.82, 2.24) is 4.90 Å². The Morgan fingerprint density at radius 3 is 2.53 bits per heavy atom. The topological polar surface area (TPSA) is 48.0 Å². The Bertz CT molecular complexity index is 814. The van der Waals surface area contributed by atoms with E-state index in [0.29, 0.717) is 19.6 Å². The second kappa shape index (κ2) is 12.0. The predicted molar refractivity (Wildman–Crippen MR) is 127 cm³/mol. The SMILES string of the molecule is CC(C)(C)OC(=O)CCN1CCOC(c2ccc(OCCCCc3ccccc3)cc2)C1. The van der Waals surface area contributed by atoms with E-state index < -0.39 is 5.60 Å². The van der Waals surface area contributed by atoms with Crippen molar-refractivity contribution in [2.45, 2.75) is 58.2 Å². The third kappa shape index (κ3) is 8.64. The van der Waals surface area contributed by atoms with E-state index in [0.717, 1.165) is 50.3 Å². The lowest BCUT2D eigenvalue weighted by Crippen LogP contribution is -2.39. The lowest BCUT2D eigenvalue weighted by atomic mass is 10.1. The van der Waals surface area contributed by atoms with E-state index in [1.54, 1.807) is 0 Å². The number of esters is 1. The number of unbranched alkanes of at least 4 members (excludes halogenated alkanes) is 1. The quantitative estimate of drug-likeness (QED) is 0.376. The summed E-state index contributed by atoms with van der Waals surface area (Å²) in [6, 6.07) is 18.8. The third-order valence-corrected chi connectivity index (χ3v) is 5.43. The highest BCUT2D eigenvalue weighted by molar-refractivity contribution is 5.70.